The Bertz CT molecular complexity index is 768. The zero-order valence-electron chi connectivity index (χ0n) is 15.5. The minimum atomic E-state index is -0.779. The van der Waals surface area contributed by atoms with Crippen molar-refractivity contribution in [2.24, 2.45) is 0 Å². The molecule has 1 saturated heterocycles. The Balaban J connectivity index is 1.67. The molecular weight excluding hydrogens is 330 g/mol. The molecule has 0 unspecified atom stereocenters. The van der Waals surface area contributed by atoms with E-state index in [4.69, 9.17) is 9.47 Å². The van der Waals surface area contributed by atoms with Gasteiger partial charge in [0.15, 0.2) is 0 Å². The fourth-order valence-corrected chi connectivity index (χ4v) is 3.06. The largest absolute Gasteiger partial charge is 0.439 e. The molecule has 0 radical (unpaired) electrons. The van der Waals surface area contributed by atoms with Gasteiger partial charge in [-0.25, -0.2) is 4.98 Å². The second-order valence-corrected chi connectivity index (χ2v) is 6.59. The molecule has 0 bridgehead atoms. The van der Waals surface area contributed by atoms with E-state index in [2.05, 4.69) is 15.6 Å². The van der Waals surface area contributed by atoms with Crippen LogP contribution < -0.4 is 15.4 Å². The first kappa shape index (κ1) is 18.4. The van der Waals surface area contributed by atoms with Gasteiger partial charge in [0.1, 0.15) is 11.4 Å². The maximum atomic E-state index is 12.7. The monoisotopic (exact) mass is 355 g/mol. The zero-order valence-corrected chi connectivity index (χ0v) is 15.5. The number of carbonyl (C=O) groups is 1. The average molecular weight is 355 g/mol. The number of methoxy groups -OCH3 is 1. The molecule has 1 aliphatic rings. The lowest BCUT2D eigenvalue weighted by molar-refractivity contribution is -0.140. The molecule has 3 rings (SSSR count). The van der Waals surface area contributed by atoms with E-state index in [1.165, 1.54) is 5.56 Å². The minimum absolute atomic E-state index is 0.133. The van der Waals surface area contributed by atoms with Gasteiger partial charge in [-0.2, -0.15) is 0 Å². The molecule has 1 fully saturated rings. The van der Waals surface area contributed by atoms with Crippen molar-refractivity contribution in [2.75, 3.05) is 25.5 Å². The highest BCUT2D eigenvalue weighted by Gasteiger charge is 2.39. The number of rotatable bonds is 5. The fourth-order valence-electron chi connectivity index (χ4n) is 3.06. The highest BCUT2D eigenvalue weighted by molar-refractivity contribution is 5.97. The Morgan fingerprint density at radius 2 is 1.96 bits per heavy atom. The van der Waals surface area contributed by atoms with Gasteiger partial charge in [-0.15, -0.1) is 0 Å². The topological polar surface area (TPSA) is 72.5 Å². The van der Waals surface area contributed by atoms with E-state index in [0.29, 0.717) is 24.4 Å². The molecule has 2 N–H and O–H groups in total. The molecular formula is C20H25N3O3. The number of amides is 1. The first-order valence-electron chi connectivity index (χ1n) is 8.81. The molecule has 0 aliphatic carbocycles. The van der Waals surface area contributed by atoms with Gasteiger partial charge in [0, 0.05) is 13.2 Å². The van der Waals surface area contributed by atoms with Gasteiger partial charge in [0.25, 0.3) is 5.91 Å². The summed E-state index contributed by atoms with van der Waals surface area (Å²) in [5.41, 5.74) is 2.09. The molecule has 1 aromatic carbocycles. The molecule has 2 heterocycles. The summed E-state index contributed by atoms with van der Waals surface area (Å²) < 4.78 is 11.4. The number of piperidine rings is 1. The Morgan fingerprint density at radius 1 is 1.19 bits per heavy atom. The Labute approximate surface area is 153 Å². The maximum absolute atomic E-state index is 12.7. The van der Waals surface area contributed by atoms with E-state index in [9.17, 15) is 4.79 Å². The predicted octanol–water partition coefficient (Wildman–Crippen LogP) is 3.20. The van der Waals surface area contributed by atoms with Gasteiger partial charge in [0.2, 0.25) is 5.88 Å². The number of hydrogen-bond acceptors (Lipinski definition) is 5. The standard InChI is InChI=1S/C20H25N3O3/c1-14-5-4-6-17(15(14)2)26-18-8-7-16(13-22-18)23-19(24)20(25-3)9-11-21-12-10-20/h4-8,13,21H,9-12H2,1-3H3,(H,23,24). The second kappa shape index (κ2) is 7.85. The third kappa shape index (κ3) is 3.86. The number of nitrogens with one attached hydrogen (secondary N) is 2. The minimum Gasteiger partial charge on any atom is -0.439 e. The van der Waals surface area contributed by atoms with Gasteiger partial charge in [-0.1, -0.05) is 12.1 Å². The quantitative estimate of drug-likeness (QED) is 0.862. The molecule has 2 aromatic rings. The molecule has 1 aliphatic heterocycles. The number of pyridine rings is 1. The summed E-state index contributed by atoms with van der Waals surface area (Å²) in [6.07, 6.45) is 2.90. The molecule has 26 heavy (non-hydrogen) atoms. The molecule has 0 atom stereocenters. The lowest BCUT2D eigenvalue weighted by Crippen LogP contribution is -2.51. The highest BCUT2D eigenvalue weighted by Crippen LogP contribution is 2.27. The fraction of sp³-hybridized carbons (Fsp3) is 0.400. The number of benzene rings is 1. The number of aromatic nitrogens is 1. The van der Waals surface area contributed by atoms with Crippen LogP contribution in [0.5, 0.6) is 11.6 Å². The van der Waals surface area contributed by atoms with Crippen LogP contribution in [0.25, 0.3) is 0 Å². The van der Waals surface area contributed by atoms with Crippen LogP contribution in [0.3, 0.4) is 0 Å². The Morgan fingerprint density at radius 3 is 2.62 bits per heavy atom. The van der Waals surface area contributed by atoms with Crippen LogP contribution >= 0.6 is 0 Å². The Kier molecular flexibility index (Phi) is 5.54. The predicted molar refractivity (Wildman–Crippen MR) is 101 cm³/mol. The number of nitrogens with zero attached hydrogens (tertiary/aromatic N) is 1. The smallest absolute Gasteiger partial charge is 0.256 e. The van der Waals surface area contributed by atoms with Gasteiger partial charge in [-0.3, -0.25) is 4.79 Å². The van der Waals surface area contributed by atoms with Gasteiger partial charge >= 0.3 is 0 Å². The molecule has 0 saturated carbocycles. The maximum Gasteiger partial charge on any atom is 0.256 e. The van der Waals surface area contributed by atoms with Crippen molar-refractivity contribution in [1.82, 2.24) is 10.3 Å². The number of ether oxygens (including phenoxy) is 2. The van der Waals surface area contributed by atoms with E-state index in [0.717, 1.165) is 24.4 Å². The summed E-state index contributed by atoms with van der Waals surface area (Å²) in [5.74, 6) is 1.13. The normalized spacial score (nSPS) is 16.1. The van der Waals surface area contributed by atoms with Crippen molar-refractivity contribution in [1.29, 1.82) is 0 Å². The van der Waals surface area contributed by atoms with E-state index in [1.807, 2.05) is 32.0 Å². The zero-order chi connectivity index (χ0) is 18.6. The molecule has 1 aromatic heterocycles. The van der Waals surface area contributed by atoms with Crippen LogP contribution in [-0.4, -0.2) is 36.7 Å². The summed E-state index contributed by atoms with van der Waals surface area (Å²) in [5, 5.41) is 6.15. The lowest BCUT2D eigenvalue weighted by Gasteiger charge is -2.34. The summed E-state index contributed by atoms with van der Waals surface area (Å²) in [7, 11) is 1.59. The van der Waals surface area contributed by atoms with Crippen LogP contribution in [0.15, 0.2) is 36.5 Å². The van der Waals surface area contributed by atoms with Crippen molar-refractivity contribution in [3.63, 3.8) is 0 Å². The van der Waals surface area contributed by atoms with Crippen LogP contribution in [0.2, 0.25) is 0 Å². The number of anilines is 1. The summed E-state index contributed by atoms with van der Waals surface area (Å²) in [6.45, 7) is 5.59. The van der Waals surface area contributed by atoms with Crippen molar-refractivity contribution in [2.45, 2.75) is 32.3 Å². The highest BCUT2D eigenvalue weighted by atomic mass is 16.5. The van der Waals surface area contributed by atoms with E-state index in [1.54, 1.807) is 25.4 Å². The first-order valence-corrected chi connectivity index (χ1v) is 8.81. The number of aryl methyl sites for hydroxylation is 1. The molecule has 0 spiro atoms. The van der Waals surface area contributed by atoms with E-state index >= 15 is 0 Å². The van der Waals surface area contributed by atoms with Crippen molar-refractivity contribution >= 4 is 11.6 Å². The summed E-state index contributed by atoms with van der Waals surface area (Å²) in [6, 6.07) is 9.45. The molecule has 138 valence electrons. The van der Waals surface area contributed by atoms with E-state index < -0.39 is 5.60 Å². The van der Waals surface area contributed by atoms with Gasteiger partial charge in [-0.05, 0) is 63.0 Å². The van der Waals surface area contributed by atoms with Crippen molar-refractivity contribution in [3.8, 4) is 11.6 Å². The van der Waals surface area contributed by atoms with Crippen LogP contribution in [0.1, 0.15) is 24.0 Å². The average Bonchev–Trinajstić information content (AvgIpc) is 2.67. The molecule has 6 heteroatoms. The molecule has 6 nitrogen and oxygen atoms in total. The van der Waals surface area contributed by atoms with Crippen LogP contribution in [-0.2, 0) is 9.53 Å². The summed E-state index contributed by atoms with van der Waals surface area (Å²) >= 11 is 0. The third-order valence-corrected chi connectivity index (χ3v) is 4.98. The first-order chi connectivity index (χ1) is 12.5. The SMILES string of the molecule is COC1(C(=O)Nc2ccc(Oc3cccc(C)c3C)nc2)CCNCC1. The van der Waals surface area contributed by atoms with Gasteiger partial charge in [0.05, 0.1) is 11.9 Å². The Hall–Kier alpha value is -2.44. The summed E-state index contributed by atoms with van der Waals surface area (Å²) in [4.78, 5) is 17.0. The van der Waals surface area contributed by atoms with E-state index in [-0.39, 0.29) is 5.91 Å². The van der Waals surface area contributed by atoms with Crippen LogP contribution in [0, 0.1) is 13.8 Å². The number of hydrogen-bond donors (Lipinski definition) is 2. The lowest BCUT2D eigenvalue weighted by atomic mass is 9.91. The third-order valence-electron chi connectivity index (χ3n) is 4.98. The molecule has 1 amide bonds. The van der Waals surface area contributed by atoms with Crippen LogP contribution in [0.4, 0.5) is 5.69 Å². The van der Waals surface area contributed by atoms with Gasteiger partial charge < -0.3 is 20.1 Å². The number of carbonyl (C=O) groups excluding carboxylic acids is 1. The second-order valence-electron chi connectivity index (χ2n) is 6.59. The van der Waals surface area contributed by atoms with Crippen molar-refractivity contribution in [3.05, 3.63) is 47.7 Å². The van der Waals surface area contributed by atoms with Crippen molar-refractivity contribution < 1.29 is 14.3 Å².